The molecule has 1 aromatic rings. The predicted molar refractivity (Wildman–Crippen MR) is 64.2 cm³/mol. The summed E-state index contributed by atoms with van der Waals surface area (Å²) in [5.74, 6) is 0.511. The first-order valence-corrected chi connectivity index (χ1v) is 5.63. The van der Waals surface area contributed by atoms with Crippen LogP contribution in [0.1, 0.15) is 40.3 Å². The van der Waals surface area contributed by atoms with Gasteiger partial charge in [-0.3, -0.25) is 0 Å². The number of nitrogen functional groups attached to an aromatic ring is 1. The number of nitrogens with two attached hydrogens (primary N) is 1. The summed E-state index contributed by atoms with van der Waals surface area (Å²) in [7, 11) is 0. The Balaban J connectivity index is 2.74. The van der Waals surface area contributed by atoms with E-state index in [1.165, 1.54) is 0 Å². The molecule has 0 fully saturated rings. The molecular formula is C11H22N4O. The van der Waals surface area contributed by atoms with E-state index in [9.17, 15) is 0 Å². The van der Waals surface area contributed by atoms with Gasteiger partial charge in [0.2, 0.25) is 0 Å². The molecule has 1 heterocycles. The molecule has 1 aromatic heterocycles. The van der Waals surface area contributed by atoms with Crippen molar-refractivity contribution in [2.75, 3.05) is 12.3 Å². The molecule has 0 bridgehead atoms. The highest BCUT2D eigenvalue weighted by Gasteiger charge is 2.23. The molecule has 5 nitrogen and oxygen atoms in total. The highest BCUT2D eigenvalue weighted by atomic mass is 16.5. The Labute approximate surface area is 97.0 Å². The lowest BCUT2D eigenvalue weighted by Gasteiger charge is -2.20. The smallest absolute Gasteiger partial charge is 0.169 e. The predicted octanol–water partition coefficient (Wildman–Crippen LogP) is 1.58. The average molecular weight is 226 g/mol. The number of aromatic nitrogens is 3. The van der Waals surface area contributed by atoms with Crippen molar-refractivity contribution in [2.45, 2.75) is 52.7 Å². The van der Waals surface area contributed by atoms with Crippen LogP contribution in [-0.2, 0) is 16.7 Å². The fourth-order valence-corrected chi connectivity index (χ4v) is 1.63. The molecule has 2 N–H and O–H groups in total. The lowest BCUT2D eigenvalue weighted by molar-refractivity contribution is 0.0698. The highest BCUT2D eigenvalue weighted by Crippen LogP contribution is 2.25. The van der Waals surface area contributed by atoms with Gasteiger partial charge in [-0.15, -0.1) is 5.10 Å². The van der Waals surface area contributed by atoms with Crippen LogP contribution < -0.4 is 5.73 Å². The molecule has 92 valence electrons. The van der Waals surface area contributed by atoms with Crippen molar-refractivity contribution < 1.29 is 4.74 Å². The van der Waals surface area contributed by atoms with Gasteiger partial charge < -0.3 is 10.5 Å². The summed E-state index contributed by atoms with van der Waals surface area (Å²) >= 11 is 0. The van der Waals surface area contributed by atoms with Gasteiger partial charge in [0, 0.05) is 5.41 Å². The summed E-state index contributed by atoms with van der Waals surface area (Å²) in [5.41, 5.74) is 6.75. The molecule has 0 atom stereocenters. The summed E-state index contributed by atoms with van der Waals surface area (Å²) in [5, 5.41) is 7.96. The van der Waals surface area contributed by atoms with E-state index in [4.69, 9.17) is 10.5 Å². The van der Waals surface area contributed by atoms with Crippen LogP contribution in [-0.4, -0.2) is 27.7 Å². The van der Waals surface area contributed by atoms with Gasteiger partial charge in [-0.1, -0.05) is 26.0 Å². The van der Waals surface area contributed by atoms with Gasteiger partial charge in [0.25, 0.3) is 0 Å². The summed E-state index contributed by atoms with van der Waals surface area (Å²) in [4.78, 5) is 0. The van der Waals surface area contributed by atoms with Gasteiger partial charge in [0.1, 0.15) is 0 Å². The van der Waals surface area contributed by atoms with Gasteiger partial charge in [-0.2, -0.15) is 0 Å². The number of ether oxygens (including phenoxy) is 1. The molecule has 1 rings (SSSR count). The second-order valence-corrected chi connectivity index (χ2v) is 5.22. The van der Waals surface area contributed by atoms with Crippen LogP contribution >= 0.6 is 0 Å². The van der Waals surface area contributed by atoms with Gasteiger partial charge in [-0.25, -0.2) is 4.68 Å². The van der Waals surface area contributed by atoms with Gasteiger partial charge in [0.05, 0.1) is 24.9 Å². The van der Waals surface area contributed by atoms with Crippen molar-refractivity contribution >= 4 is 5.82 Å². The molecule has 16 heavy (non-hydrogen) atoms. The van der Waals surface area contributed by atoms with Crippen LogP contribution in [0.2, 0.25) is 0 Å². The minimum atomic E-state index is -0.0502. The first-order chi connectivity index (χ1) is 7.32. The Morgan fingerprint density at radius 2 is 2.00 bits per heavy atom. The van der Waals surface area contributed by atoms with Crippen LogP contribution in [0.5, 0.6) is 0 Å². The van der Waals surface area contributed by atoms with E-state index in [0.717, 1.165) is 5.69 Å². The number of hydrogen-bond donors (Lipinski definition) is 1. The quantitative estimate of drug-likeness (QED) is 0.846. The largest absolute Gasteiger partial charge is 0.381 e. The van der Waals surface area contributed by atoms with Crippen molar-refractivity contribution in [3.63, 3.8) is 0 Å². The molecular weight excluding hydrogens is 204 g/mol. The lowest BCUT2D eigenvalue weighted by atomic mass is 9.92. The van der Waals surface area contributed by atoms with Crippen LogP contribution in [0.3, 0.4) is 0 Å². The molecule has 0 radical (unpaired) electrons. The molecule has 0 aliphatic rings. The summed E-state index contributed by atoms with van der Waals surface area (Å²) in [6.07, 6.45) is 0.235. The first kappa shape index (κ1) is 13.0. The normalized spacial score (nSPS) is 12.4. The van der Waals surface area contributed by atoms with Crippen molar-refractivity contribution in [1.82, 2.24) is 15.0 Å². The Morgan fingerprint density at radius 1 is 1.38 bits per heavy atom. The maximum atomic E-state index is 5.82. The number of hydrogen-bond acceptors (Lipinski definition) is 4. The molecule has 0 saturated heterocycles. The van der Waals surface area contributed by atoms with Gasteiger partial charge in [0.15, 0.2) is 5.82 Å². The molecule has 0 amide bonds. The Morgan fingerprint density at radius 3 is 2.50 bits per heavy atom. The van der Waals surface area contributed by atoms with E-state index >= 15 is 0 Å². The third kappa shape index (κ3) is 3.20. The zero-order valence-electron chi connectivity index (χ0n) is 10.8. The fourth-order valence-electron chi connectivity index (χ4n) is 1.63. The molecule has 0 aromatic carbocycles. The highest BCUT2D eigenvalue weighted by molar-refractivity contribution is 5.37. The summed E-state index contributed by atoms with van der Waals surface area (Å²) in [6.45, 7) is 11.6. The maximum absolute atomic E-state index is 5.82. The Kier molecular flexibility index (Phi) is 3.91. The van der Waals surface area contributed by atoms with Crippen LogP contribution in [0.4, 0.5) is 5.82 Å². The molecule has 0 unspecified atom stereocenters. The van der Waals surface area contributed by atoms with E-state index < -0.39 is 0 Å². The van der Waals surface area contributed by atoms with E-state index in [1.807, 2.05) is 18.5 Å². The Hall–Kier alpha value is -1.10. The van der Waals surface area contributed by atoms with E-state index in [0.29, 0.717) is 19.0 Å². The first-order valence-electron chi connectivity index (χ1n) is 5.63. The monoisotopic (exact) mass is 226 g/mol. The van der Waals surface area contributed by atoms with E-state index in [2.05, 4.69) is 31.1 Å². The number of rotatable bonds is 4. The standard InChI is InChI=1S/C11H22N4O/c1-8(2)16-7-6-15-9(11(3,4)5)10(12)13-14-15/h8H,6-7,12H2,1-5H3. The second kappa shape index (κ2) is 4.82. The van der Waals surface area contributed by atoms with Crippen LogP contribution in [0.15, 0.2) is 0 Å². The Bertz CT molecular complexity index is 338. The lowest BCUT2D eigenvalue weighted by Crippen LogP contribution is -2.22. The van der Waals surface area contributed by atoms with Crippen LogP contribution in [0.25, 0.3) is 0 Å². The van der Waals surface area contributed by atoms with Crippen molar-refractivity contribution in [1.29, 1.82) is 0 Å². The third-order valence-corrected chi connectivity index (χ3v) is 2.23. The van der Waals surface area contributed by atoms with Crippen molar-refractivity contribution in [2.24, 2.45) is 0 Å². The zero-order chi connectivity index (χ0) is 12.3. The average Bonchev–Trinajstić information content (AvgIpc) is 2.45. The van der Waals surface area contributed by atoms with E-state index in [-0.39, 0.29) is 11.5 Å². The molecule has 0 saturated carbocycles. The number of nitrogens with zero attached hydrogens (tertiary/aromatic N) is 3. The van der Waals surface area contributed by atoms with E-state index in [1.54, 1.807) is 0 Å². The molecule has 5 heteroatoms. The minimum Gasteiger partial charge on any atom is -0.381 e. The summed E-state index contributed by atoms with van der Waals surface area (Å²) in [6, 6.07) is 0. The summed E-state index contributed by atoms with van der Waals surface area (Å²) < 4.78 is 7.32. The fraction of sp³-hybridized carbons (Fsp3) is 0.818. The topological polar surface area (TPSA) is 66.0 Å². The second-order valence-electron chi connectivity index (χ2n) is 5.22. The molecule has 0 aliphatic carbocycles. The van der Waals surface area contributed by atoms with Crippen molar-refractivity contribution in [3.8, 4) is 0 Å². The van der Waals surface area contributed by atoms with Gasteiger partial charge in [-0.05, 0) is 13.8 Å². The maximum Gasteiger partial charge on any atom is 0.169 e. The SMILES string of the molecule is CC(C)OCCn1nnc(N)c1C(C)(C)C. The molecule has 0 spiro atoms. The van der Waals surface area contributed by atoms with Crippen molar-refractivity contribution in [3.05, 3.63) is 5.69 Å². The zero-order valence-corrected chi connectivity index (χ0v) is 10.8. The molecule has 0 aliphatic heterocycles. The minimum absolute atomic E-state index is 0.0502. The van der Waals surface area contributed by atoms with Gasteiger partial charge >= 0.3 is 0 Å². The van der Waals surface area contributed by atoms with Crippen LogP contribution in [0, 0.1) is 0 Å². The third-order valence-electron chi connectivity index (χ3n) is 2.23. The number of anilines is 1.